The van der Waals surface area contributed by atoms with E-state index in [0.29, 0.717) is 12.2 Å². The first kappa shape index (κ1) is 13.9. The summed E-state index contributed by atoms with van der Waals surface area (Å²) in [6.07, 6.45) is 0.879. The van der Waals surface area contributed by atoms with Crippen molar-refractivity contribution in [3.63, 3.8) is 0 Å². The number of carbonyl (C=O) groups excluding carboxylic acids is 1. The summed E-state index contributed by atoms with van der Waals surface area (Å²) < 4.78 is 18.9. The molecule has 110 valence electrons. The zero-order valence-corrected chi connectivity index (χ0v) is 12.4. The highest BCUT2D eigenvalue weighted by Crippen LogP contribution is 2.31. The van der Waals surface area contributed by atoms with Gasteiger partial charge in [0, 0.05) is 23.7 Å². The van der Waals surface area contributed by atoms with Gasteiger partial charge >= 0.3 is 5.97 Å². The first-order valence-electron chi connectivity index (χ1n) is 6.57. The molecule has 0 bridgehead atoms. The maximum Gasteiger partial charge on any atom is 0.340 e. The highest BCUT2D eigenvalue weighted by atomic mass is 32.1. The van der Waals surface area contributed by atoms with Gasteiger partial charge in [0.05, 0.1) is 18.4 Å². The molecule has 2 aromatic rings. The summed E-state index contributed by atoms with van der Waals surface area (Å²) in [4.78, 5) is 15.0. The van der Waals surface area contributed by atoms with E-state index in [2.05, 4.69) is 10.8 Å². The summed E-state index contributed by atoms with van der Waals surface area (Å²) in [5.41, 5.74) is 7.59. The Hall–Kier alpha value is -2.08. The SMILES string of the molecule is COC(=O)c1cc(N2CCc3sccc3C2)c(F)cc1N. The van der Waals surface area contributed by atoms with Crippen LogP contribution in [0.25, 0.3) is 0 Å². The van der Waals surface area contributed by atoms with E-state index in [4.69, 9.17) is 5.73 Å². The summed E-state index contributed by atoms with van der Waals surface area (Å²) in [6.45, 7) is 1.36. The van der Waals surface area contributed by atoms with Gasteiger partial charge in [-0.25, -0.2) is 9.18 Å². The number of benzene rings is 1. The number of ether oxygens (including phenoxy) is 1. The number of esters is 1. The van der Waals surface area contributed by atoms with Gasteiger partial charge in [0.2, 0.25) is 0 Å². The van der Waals surface area contributed by atoms with Crippen molar-refractivity contribution in [3.05, 3.63) is 45.4 Å². The molecular weight excluding hydrogens is 291 g/mol. The fraction of sp³-hybridized carbons (Fsp3) is 0.267. The molecule has 0 spiro atoms. The third kappa shape index (κ3) is 2.47. The van der Waals surface area contributed by atoms with E-state index in [-0.39, 0.29) is 11.3 Å². The molecule has 6 heteroatoms. The minimum absolute atomic E-state index is 0.0938. The minimum atomic E-state index is -0.554. The fourth-order valence-corrected chi connectivity index (χ4v) is 3.45. The molecule has 2 N–H and O–H groups in total. The van der Waals surface area contributed by atoms with Crippen molar-refractivity contribution >= 4 is 28.7 Å². The Balaban J connectivity index is 1.97. The van der Waals surface area contributed by atoms with Crippen LogP contribution in [0.2, 0.25) is 0 Å². The number of fused-ring (bicyclic) bond motifs is 1. The number of rotatable bonds is 2. The second-order valence-corrected chi connectivity index (χ2v) is 5.92. The van der Waals surface area contributed by atoms with Crippen molar-refractivity contribution in [2.75, 3.05) is 24.3 Å². The van der Waals surface area contributed by atoms with Gasteiger partial charge in [-0.1, -0.05) is 0 Å². The normalized spacial score (nSPS) is 13.9. The van der Waals surface area contributed by atoms with Crippen LogP contribution in [0.15, 0.2) is 23.6 Å². The topological polar surface area (TPSA) is 55.6 Å². The second-order valence-electron chi connectivity index (χ2n) is 4.92. The van der Waals surface area contributed by atoms with Crippen molar-refractivity contribution in [2.45, 2.75) is 13.0 Å². The number of nitrogens with zero attached hydrogens (tertiary/aromatic N) is 1. The van der Waals surface area contributed by atoms with Gasteiger partial charge in [0.15, 0.2) is 0 Å². The van der Waals surface area contributed by atoms with Crippen LogP contribution in [0.1, 0.15) is 20.8 Å². The molecule has 1 aromatic carbocycles. The highest BCUT2D eigenvalue weighted by molar-refractivity contribution is 7.10. The Labute approximate surface area is 125 Å². The molecule has 0 amide bonds. The first-order chi connectivity index (χ1) is 10.1. The number of anilines is 2. The monoisotopic (exact) mass is 306 g/mol. The maximum absolute atomic E-state index is 14.2. The molecule has 0 fully saturated rings. The Morgan fingerprint density at radius 1 is 1.48 bits per heavy atom. The van der Waals surface area contributed by atoms with Crippen molar-refractivity contribution in [2.24, 2.45) is 0 Å². The van der Waals surface area contributed by atoms with Crippen LogP contribution in [0.5, 0.6) is 0 Å². The van der Waals surface area contributed by atoms with Crippen LogP contribution in [-0.2, 0) is 17.7 Å². The average molecular weight is 306 g/mol. The molecule has 1 aliphatic rings. The van der Waals surface area contributed by atoms with E-state index in [1.807, 2.05) is 10.3 Å². The van der Waals surface area contributed by atoms with Gasteiger partial charge in [-0.2, -0.15) is 0 Å². The summed E-state index contributed by atoms with van der Waals surface area (Å²) in [6, 6.07) is 4.72. The molecule has 0 atom stereocenters. The van der Waals surface area contributed by atoms with Crippen molar-refractivity contribution in [3.8, 4) is 0 Å². The van der Waals surface area contributed by atoms with Gasteiger partial charge < -0.3 is 15.4 Å². The number of nitrogen functional groups attached to an aromatic ring is 1. The van der Waals surface area contributed by atoms with Gasteiger partial charge in [-0.15, -0.1) is 11.3 Å². The number of methoxy groups -OCH3 is 1. The van der Waals surface area contributed by atoms with Crippen LogP contribution >= 0.6 is 11.3 Å². The zero-order chi connectivity index (χ0) is 15.0. The molecule has 3 rings (SSSR count). The fourth-order valence-electron chi connectivity index (χ4n) is 2.56. The van der Waals surface area contributed by atoms with Crippen LogP contribution in [0, 0.1) is 5.82 Å². The molecule has 4 nitrogen and oxygen atoms in total. The smallest absolute Gasteiger partial charge is 0.340 e. The lowest BCUT2D eigenvalue weighted by Gasteiger charge is -2.29. The third-order valence-electron chi connectivity index (χ3n) is 3.67. The van der Waals surface area contributed by atoms with E-state index in [0.717, 1.165) is 13.0 Å². The lowest BCUT2D eigenvalue weighted by atomic mass is 10.1. The molecule has 1 aromatic heterocycles. The van der Waals surface area contributed by atoms with Gasteiger partial charge in [0.1, 0.15) is 5.82 Å². The van der Waals surface area contributed by atoms with E-state index >= 15 is 0 Å². The molecular formula is C15H15FN2O2S. The van der Waals surface area contributed by atoms with E-state index in [1.165, 1.54) is 29.7 Å². The zero-order valence-electron chi connectivity index (χ0n) is 11.6. The Morgan fingerprint density at radius 3 is 3.05 bits per heavy atom. The summed E-state index contributed by atoms with van der Waals surface area (Å²) in [7, 11) is 1.28. The predicted molar refractivity (Wildman–Crippen MR) is 81.2 cm³/mol. The minimum Gasteiger partial charge on any atom is -0.465 e. The van der Waals surface area contributed by atoms with Crippen molar-refractivity contribution < 1.29 is 13.9 Å². The van der Waals surface area contributed by atoms with Gasteiger partial charge in [-0.05, 0) is 35.6 Å². The first-order valence-corrected chi connectivity index (χ1v) is 7.45. The third-order valence-corrected chi connectivity index (χ3v) is 4.70. The van der Waals surface area contributed by atoms with E-state index in [1.54, 1.807) is 11.3 Å². The summed E-state index contributed by atoms with van der Waals surface area (Å²) >= 11 is 1.73. The number of thiophene rings is 1. The summed E-state index contributed by atoms with van der Waals surface area (Å²) in [5.74, 6) is -0.971. The maximum atomic E-state index is 14.2. The lowest BCUT2D eigenvalue weighted by Crippen LogP contribution is -2.30. The van der Waals surface area contributed by atoms with E-state index in [9.17, 15) is 9.18 Å². The highest BCUT2D eigenvalue weighted by Gasteiger charge is 2.22. The second kappa shape index (κ2) is 5.37. The number of hydrogen-bond donors (Lipinski definition) is 1. The molecule has 0 radical (unpaired) electrons. The standard InChI is InChI=1S/C15H15FN2O2S/c1-20-15(19)10-6-13(11(16)7-12(10)17)18-4-2-14-9(8-18)3-5-21-14/h3,5-7H,2,4,8,17H2,1H3. The molecule has 1 aliphatic heterocycles. The molecule has 0 unspecified atom stereocenters. The lowest BCUT2D eigenvalue weighted by molar-refractivity contribution is 0.0602. The molecule has 0 saturated carbocycles. The quantitative estimate of drug-likeness (QED) is 0.685. The van der Waals surface area contributed by atoms with E-state index < -0.39 is 11.8 Å². The Morgan fingerprint density at radius 2 is 2.29 bits per heavy atom. The van der Waals surface area contributed by atoms with Gasteiger partial charge in [-0.3, -0.25) is 0 Å². The van der Waals surface area contributed by atoms with Crippen LogP contribution in [0.3, 0.4) is 0 Å². The number of carbonyl (C=O) groups is 1. The predicted octanol–water partition coefficient (Wildman–Crippen LogP) is 2.82. The Kier molecular flexibility index (Phi) is 3.55. The number of nitrogens with two attached hydrogens (primary N) is 1. The molecule has 0 aliphatic carbocycles. The van der Waals surface area contributed by atoms with Crippen molar-refractivity contribution in [1.82, 2.24) is 0 Å². The largest absolute Gasteiger partial charge is 0.465 e. The van der Waals surface area contributed by atoms with Gasteiger partial charge in [0.25, 0.3) is 0 Å². The average Bonchev–Trinajstić information content (AvgIpc) is 2.94. The number of halogens is 1. The Bertz CT molecular complexity index is 699. The van der Waals surface area contributed by atoms with Crippen LogP contribution in [0.4, 0.5) is 15.8 Å². The number of hydrogen-bond acceptors (Lipinski definition) is 5. The molecule has 0 saturated heterocycles. The molecule has 2 heterocycles. The summed E-state index contributed by atoms with van der Waals surface area (Å²) in [5, 5.41) is 2.05. The van der Waals surface area contributed by atoms with Crippen molar-refractivity contribution in [1.29, 1.82) is 0 Å². The van der Waals surface area contributed by atoms with Crippen LogP contribution < -0.4 is 10.6 Å². The van der Waals surface area contributed by atoms with Crippen LogP contribution in [-0.4, -0.2) is 19.6 Å². The molecule has 21 heavy (non-hydrogen) atoms.